The average Bonchev–Trinajstić information content (AvgIpc) is 3.43. The van der Waals surface area contributed by atoms with Crippen molar-refractivity contribution >= 4 is 0 Å². The number of aliphatic hydroxyl groups excluding tert-OH is 14. The lowest BCUT2D eigenvalue weighted by molar-refractivity contribution is -0.384. The minimum atomic E-state index is -2.47. The molecule has 14 N–H and O–H groups in total. The van der Waals surface area contributed by atoms with Crippen molar-refractivity contribution in [3.63, 3.8) is 0 Å². The van der Waals surface area contributed by atoms with Crippen LogP contribution in [0.5, 0.6) is 0 Å². The van der Waals surface area contributed by atoms with E-state index in [-0.39, 0.29) is 0 Å². The van der Waals surface area contributed by atoms with E-state index < -0.39 is 149 Å². The second-order valence-corrected chi connectivity index (χ2v) is 11.3. The Kier molecular flexibility index (Phi) is 12.1. The van der Waals surface area contributed by atoms with Crippen molar-refractivity contribution in [1.29, 1.82) is 0 Å². The molecule has 4 fully saturated rings. The van der Waals surface area contributed by atoms with E-state index in [0.29, 0.717) is 0 Å². The smallest absolute Gasteiger partial charge is 0.222 e. The first-order chi connectivity index (χ1) is 21.2. The molecular weight excluding hydrogens is 624 g/mol. The molecule has 0 unspecified atom stereocenters. The van der Waals surface area contributed by atoms with Gasteiger partial charge in [-0.05, 0) is 0 Å². The molecule has 0 amide bonds. The molecule has 4 aliphatic heterocycles. The number of hydrogen-bond donors (Lipinski definition) is 14. The molecule has 0 aromatic rings. The molecule has 4 saturated heterocycles. The summed E-state index contributed by atoms with van der Waals surface area (Å²) in [6, 6.07) is 0. The molecule has 0 aliphatic carbocycles. The van der Waals surface area contributed by atoms with Crippen molar-refractivity contribution < 1.29 is 105 Å². The maximum absolute atomic E-state index is 10.9. The lowest BCUT2D eigenvalue weighted by atomic mass is 9.98. The molecule has 45 heavy (non-hydrogen) atoms. The zero-order chi connectivity index (χ0) is 33.4. The second-order valence-electron chi connectivity index (χ2n) is 11.3. The highest BCUT2D eigenvalue weighted by molar-refractivity contribution is 5.01. The summed E-state index contributed by atoms with van der Waals surface area (Å²) >= 11 is 0. The van der Waals surface area contributed by atoms with Crippen LogP contribution in [0.15, 0.2) is 0 Å². The maximum atomic E-state index is 10.9. The van der Waals surface area contributed by atoms with Crippen LogP contribution in [-0.2, 0) is 33.2 Å². The van der Waals surface area contributed by atoms with E-state index in [2.05, 4.69) is 0 Å². The molecule has 21 nitrogen and oxygen atoms in total. The van der Waals surface area contributed by atoms with Gasteiger partial charge in [0.2, 0.25) is 11.6 Å². The van der Waals surface area contributed by atoms with Crippen LogP contribution < -0.4 is 0 Å². The maximum Gasteiger partial charge on any atom is 0.222 e. The van der Waals surface area contributed by atoms with Crippen molar-refractivity contribution in [2.24, 2.45) is 0 Å². The molecule has 4 aliphatic rings. The van der Waals surface area contributed by atoms with Crippen LogP contribution in [0.25, 0.3) is 0 Å². The Balaban J connectivity index is 1.51. The minimum absolute atomic E-state index is 0.785. The third-order valence-corrected chi connectivity index (χ3v) is 8.39. The Labute approximate surface area is 254 Å². The van der Waals surface area contributed by atoms with Crippen LogP contribution in [-0.4, -0.2) is 221 Å². The largest absolute Gasteiger partial charge is 0.394 e. The highest BCUT2D eigenvalue weighted by Crippen LogP contribution is 2.38. The van der Waals surface area contributed by atoms with Crippen molar-refractivity contribution in [1.82, 2.24) is 0 Å². The highest BCUT2D eigenvalue weighted by Gasteiger charge is 2.61. The second kappa shape index (κ2) is 14.7. The molecule has 0 spiro atoms. The summed E-state index contributed by atoms with van der Waals surface area (Å²) in [5, 5.41) is 142. The van der Waals surface area contributed by atoms with E-state index in [4.69, 9.17) is 33.2 Å². The van der Waals surface area contributed by atoms with Gasteiger partial charge in [-0.2, -0.15) is 0 Å². The van der Waals surface area contributed by atoms with Crippen LogP contribution in [0.3, 0.4) is 0 Å². The van der Waals surface area contributed by atoms with E-state index >= 15 is 0 Å². The fourth-order valence-electron chi connectivity index (χ4n) is 5.51. The number of rotatable bonds is 12. The molecule has 0 radical (unpaired) electrons. The van der Waals surface area contributed by atoms with Crippen LogP contribution in [0.1, 0.15) is 0 Å². The van der Waals surface area contributed by atoms with Gasteiger partial charge in [0.25, 0.3) is 0 Å². The summed E-state index contributed by atoms with van der Waals surface area (Å²) < 4.78 is 38.1. The quantitative estimate of drug-likeness (QED) is 0.0919. The van der Waals surface area contributed by atoms with Crippen LogP contribution in [0.2, 0.25) is 0 Å². The van der Waals surface area contributed by atoms with Gasteiger partial charge in [0.05, 0.1) is 26.4 Å². The van der Waals surface area contributed by atoms with E-state index in [1.807, 2.05) is 0 Å². The topological polar surface area (TPSA) is 348 Å². The SMILES string of the molecule is OC[C@H]1O[C@@](CO)(OC[C@@]2(OC[C@H]3O[C@H](O[C@H]4O[C@H](CO)[C@@H](O)[C@H](O)[C@H]4O)[C@H](O)[C@@H](O)[C@@H]3O)O[C@H](CO)[C@@H](O)[C@@H]2O)[C@@H](O)[C@@H]1O. The van der Waals surface area contributed by atoms with Crippen molar-refractivity contribution in [3.05, 3.63) is 0 Å². The van der Waals surface area contributed by atoms with E-state index in [0.717, 1.165) is 0 Å². The fourth-order valence-corrected chi connectivity index (χ4v) is 5.51. The van der Waals surface area contributed by atoms with E-state index in [9.17, 15) is 71.5 Å². The highest BCUT2D eigenvalue weighted by atomic mass is 16.8. The molecule has 0 aromatic heterocycles. The van der Waals surface area contributed by atoms with Crippen LogP contribution in [0, 0.1) is 0 Å². The molecule has 4 rings (SSSR count). The Morgan fingerprint density at radius 3 is 1.38 bits per heavy atom. The number of hydrogen-bond acceptors (Lipinski definition) is 21. The Morgan fingerprint density at radius 2 is 0.911 bits per heavy atom. The van der Waals surface area contributed by atoms with Gasteiger partial charge in [0.15, 0.2) is 12.6 Å². The summed E-state index contributed by atoms with van der Waals surface area (Å²) in [6.07, 6.45) is -28.6. The monoisotopic (exact) mass is 666 g/mol. The molecule has 21 heteroatoms. The first-order valence-electron chi connectivity index (χ1n) is 14.0. The zero-order valence-corrected chi connectivity index (χ0v) is 23.6. The van der Waals surface area contributed by atoms with Gasteiger partial charge in [-0.3, -0.25) is 0 Å². The van der Waals surface area contributed by atoms with Gasteiger partial charge in [-0.25, -0.2) is 0 Å². The molecule has 18 atom stereocenters. The standard InChI is InChI=1S/C24H42O21/c25-1-7-11(29)15(33)17(35)21(41-7)43-22-18(36)16(34)12(30)10(42-22)4-39-24(20(38)14(32)9(3-27)45-24)6-40-23(5-28)19(37)13(31)8(2-26)44-23/h7-22,25-38H,1-6H2/t7-,8-,9-,10-,11-,12-,13-,14-,15+,16+,17-,18-,19+,20+,21-,22-,23-,24-/m1/s1. The van der Waals surface area contributed by atoms with Crippen molar-refractivity contribution in [3.8, 4) is 0 Å². The predicted octanol–water partition coefficient (Wildman–Crippen LogP) is -9.75. The lowest BCUT2D eigenvalue weighted by Gasteiger charge is -2.45. The average molecular weight is 667 g/mol. The number of ether oxygens (including phenoxy) is 7. The number of aliphatic hydroxyl groups is 14. The Bertz CT molecular complexity index is 947. The molecule has 4 heterocycles. The van der Waals surface area contributed by atoms with E-state index in [1.165, 1.54) is 0 Å². The summed E-state index contributed by atoms with van der Waals surface area (Å²) in [5.74, 6) is -4.86. The van der Waals surface area contributed by atoms with Crippen LogP contribution in [0.4, 0.5) is 0 Å². The van der Waals surface area contributed by atoms with Gasteiger partial charge >= 0.3 is 0 Å². The van der Waals surface area contributed by atoms with Gasteiger partial charge in [-0.1, -0.05) is 0 Å². The van der Waals surface area contributed by atoms with Gasteiger partial charge in [-0.15, -0.1) is 0 Å². The summed E-state index contributed by atoms with van der Waals surface area (Å²) in [4.78, 5) is 0. The normalized spacial score (nSPS) is 52.4. The molecule has 264 valence electrons. The summed E-state index contributed by atoms with van der Waals surface area (Å²) in [6.45, 7) is -5.38. The fraction of sp³-hybridized carbons (Fsp3) is 1.00. The van der Waals surface area contributed by atoms with Crippen LogP contribution >= 0.6 is 0 Å². The van der Waals surface area contributed by atoms with Crippen molar-refractivity contribution in [2.45, 2.75) is 110 Å². The molecular formula is C24H42O21. The Morgan fingerprint density at radius 1 is 0.467 bits per heavy atom. The third kappa shape index (κ3) is 6.87. The van der Waals surface area contributed by atoms with Gasteiger partial charge < -0.3 is 105 Å². The first-order valence-corrected chi connectivity index (χ1v) is 14.0. The van der Waals surface area contributed by atoms with Gasteiger partial charge in [0, 0.05) is 0 Å². The predicted molar refractivity (Wildman–Crippen MR) is 134 cm³/mol. The summed E-state index contributed by atoms with van der Waals surface area (Å²) in [7, 11) is 0. The lowest BCUT2D eigenvalue weighted by Crippen LogP contribution is -2.64. The summed E-state index contributed by atoms with van der Waals surface area (Å²) in [5.41, 5.74) is 0. The Hall–Kier alpha value is -0.840. The minimum Gasteiger partial charge on any atom is -0.394 e. The zero-order valence-electron chi connectivity index (χ0n) is 23.6. The first kappa shape index (κ1) is 37.0. The van der Waals surface area contributed by atoms with Gasteiger partial charge in [0.1, 0.15) is 98.7 Å². The molecule has 0 bridgehead atoms. The van der Waals surface area contributed by atoms with Crippen molar-refractivity contribution in [2.75, 3.05) is 39.6 Å². The van der Waals surface area contributed by atoms with E-state index in [1.54, 1.807) is 0 Å². The third-order valence-electron chi connectivity index (χ3n) is 8.39. The molecule has 0 saturated carbocycles. The molecule has 0 aromatic carbocycles.